The summed E-state index contributed by atoms with van der Waals surface area (Å²) < 4.78 is 0.898. The molecule has 0 saturated heterocycles. The van der Waals surface area contributed by atoms with Crippen molar-refractivity contribution in [2.45, 2.75) is 6.54 Å². The first-order chi connectivity index (χ1) is 8.04. The highest BCUT2D eigenvalue weighted by Crippen LogP contribution is 2.23. The number of nitrogens with one attached hydrogen (secondary N) is 1. The van der Waals surface area contributed by atoms with Gasteiger partial charge in [-0.3, -0.25) is 9.36 Å². The third kappa shape index (κ3) is 2.09. The lowest BCUT2D eigenvalue weighted by Crippen LogP contribution is -2.36. The third-order valence-corrected chi connectivity index (χ3v) is 2.85. The molecule has 5 nitrogen and oxygen atoms in total. The van der Waals surface area contributed by atoms with Crippen molar-refractivity contribution < 1.29 is 5.11 Å². The van der Waals surface area contributed by atoms with Crippen LogP contribution in [0, 0.1) is 0 Å². The van der Waals surface area contributed by atoms with Gasteiger partial charge in [0.1, 0.15) is 0 Å². The molecule has 2 N–H and O–H groups in total. The predicted octanol–water partition coefficient (Wildman–Crippen LogP) is 0.989. The minimum atomic E-state index is -0.610. The second-order valence-corrected chi connectivity index (χ2v) is 4.26. The largest absolute Gasteiger partial charge is 0.395 e. The Morgan fingerprint density at radius 2 is 2.00 bits per heavy atom. The highest BCUT2D eigenvalue weighted by atomic mass is 35.5. The first kappa shape index (κ1) is 12.2. The van der Waals surface area contributed by atoms with Gasteiger partial charge in [-0.05, 0) is 12.1 Å². The van der Waals surface area contributed by atoms with Gasteiger partial charge in [0, 0.05) is 5.02 Å². The maximum Gasteiger partial charge on any atom is 0.328 e. The van der Waals surface area contributed by atoms with Crippen LogP contribution < -0.4 is 11.2 Å². The minimum Gasteiger partial charge on any atom is -0.395 e. The fourth-order valence-electron chi connectivity index (χ4n) is 1.58. The molecule has 0 radical (unpaired) electrons. The zero-order valence-electron chi connectivity index (χ0n) is 8.54. The van der Waals surface area contributed by atoms with Gasteiger partial charge in [0.05, 0.1) is 29.1 Å². The van der Waals surface area contributed by atoms with Crippen molar-refractivity contribution >= 4 is 34.1 Å². The molecule has 0 saturated carbocycles. The number of halogens is 2. The molecule has 0 spiro atoms. The molecule has 1 heterocycles. The number of aliphatic hydroxyl groups is 1. The molecule has 17 heavy (non-hydrogen) atoms. The molecule has 7 heteroatoms. The lowest BCUT2D eigenvalue weighted by molar-refractivity contribution is 0.272. The quantitative estimate of drug-likeness (QED) is 0.858. The highest BCUT2D eigenvalue weighted by Gasteiger charge is 2.10. The molecule has 0 aliphatic rings. The Bertz CT molecular complexity index is 690. The fraction of sp³-hybridized carbons (Fsp3) is 0.200. The van der Waals surface area contributed by atoms with E-state index in [-0.39, 0.29) is 29.1 Å². The number of aromatic amines is 1. The van der Waals surface area contributed by atoms with E-state index < -0.39 is 11.2 Å². The van der Waals surface area contributed by atoms with Crippen LogP contribution in [0.25, 0.3) is 10.9 Å². The topological polar surface area (TPSA) is 75.1 Å². The molecule has 90 valence electrons. The number of H-pyrrole nitrogens is 1. The van der Waals surface area contributed by atoms with Gasteiger partial charge in [-0.15, -0.1) is 0 Å². The van der Waals surface area contributed by atoms with Crippen molar-refractivity contribution in [2.24, 2.45) is 0 Å². The van der Waals surface area contributed by atoms with Crippen LogP contribution in [-0.4, -0.2) is 21.3 Å². The lowest BCUT2D eigenvalue weighted by atomic mass is 10.2. The molecule has 1 aromatic heterocycles. The summed E-state index contributed by atoms with van der Waals surface area (Å²) in [5, 5.41) is 9.52. The Morgan fingerprint density at radius 1 is 1.29 bits per heavy atom. The standard InChI is InChI=1S/C10H8Cl2N2O3/c11-5-3-6-8(7(12)4-5)13-10(17)14(1-2-15)9(6)16/h3-4,15H,1-2H2,(H,13,17). The van der Waals surface area contributed by atoms with E-state index in [0.29, 0.717) is 5.02 Å². The second kappa shape index (κ2) is 4.52. The first-order valence-electron chi connectivity index (χ1n) is 4.77. The number of nitrogens with zero attached hydrogens (tertiary/aromatic N) is 1. The van der Waals surface area contributed by atoms with Gasteiger partial charge in [0.15, 0.2) is 0 Å². The van der Waals surface area contributed by atoms with Crippen molar-refractivity contribution in [2.75, 3.05) is 6.61 Å². The van der Waals surface area contributed by atoms with Crippen LogP contribution in [0.2, 0.25) is 10.0 Å². The number of aromatic nitrogens is 2. The first-order valence-corrected chi connectivity index (χ1v) is 5.53. The zero-order valence-corrected chi connectivity index (χ0v) is 10.0. The lowest BCUT2D eigenvalue weighted by Gasteiger charge is -2.06. The van der Waals surface area contributed by atoms with E-state index in [1.54, 1.807) is 0 Å². The molecule has 0 aliphatic carbocycles. The molecule has 0 aliphatic heterocycles. The predicted molar refractivity (Wildman–Crippen MR) is 65.9 cm³/mol. The van der Waals surface area contributed by atoms with E-state index in [0.717, 1.165) is 4.57 Å². The number of hydrogen-bond donors (Lipinski definition) is 2. The van der Waals surface area contributed by atoms with Crippen LogP contribution in [0.3, 0.4) is 0 Å². The fourth-order valence-corrected chi connectivity index (χ4v) is 2.13. The molecule has 2 aromatic rings. The van der Waals surface area contributed by atoms with Crippen LogP contribution >= 0.6 is 23.2 Å². The molecular weight excluding hydrogens is 267 g/mol. The molecule has 0 amide bonds. The van der Waals surface area contributed by atoms with Gasteiger partial charge in [-0.2, -0.15) is 0 Å². The molecule has 2 rings (SSSR count). The van der Waals surface area contributed by atoms with E-state index in [4.69, 9.17) is 28.3 Å². The summed E-state index contributed by atoms with van der Waals surface area (Å²) in [7, 11) is 0. The van der Waals surface area contributed by atoms with E-state index >= 15 is 0 Å². The average molecular weight is 275 g/mol. The van der Waals surface area contributed by atoms with Gasteiger partial charge in [0.2, 0.25) is 0 Å². The maximum atomic E-state index is 12.0. The van der Waals surface area contributed by atoms with Crippen molar-refractivity contribution in [3.05, 3.63) is 43.0 Å². The van der Waals surface area contributed by atoms with E-state index in [2.05, 4.69) is 4.98 Å². The summed E-state index contributed by atoms with van der Waals surface area (Å²) in [5.41, 5.74) is -0.886. The van der Waals surface area contributed by atoms with Crippen LogP contribution in [-0.2, 0) is 6.54 Å². The zero-order chi connectivity index (χ0) is 12.6. The van der Waals surface area contributed by atoms with Gasteiger partial charge in [0.25, 0.3) is 5.56 Å². The normalized spacial score (nSPS) is 11.0. The van der Waals surface area contributed by atoms with Crippen molar-refractivity contribution in [1.29, 1.82) is 0 Å². The number of rotatable bonds is 2. The summed E-state index contributed by atoms with van der Waals surface area (Å²) in [4.78, 5) is 26.0. The second-order valence-electron chi connectivity index (χ2n) is 3.42. The van der Waals surface area contributed by atoms with Crippen LogP contribution in [0.4, 0.5) is 0 Å². The SMILES string of the molecule is O=c1[nH]c2c(Cl)cc(Cl)cc2c(=O)n1CCO. The monoisotopic (exact) mass is 274 g/mol. The summed E-state index contributed by atoms with van der Waals surface area (Å²) in [5.74, 6) is 0. The number of benzene rings is 1. The highest BCUT2D eigenvalue weighted by molar-refractivity contribution is 6.38. The molecule has 0 atom stereocenters. The minimum absolute atomic E-state index is 0.0752. The van der Waals surface area contributed by atoms with Crippen molar-refractivity contribution in [1.82, 2.24) is 9.55 Å². The van der Waals surface area contributed by atoms with Gasteiger partial charge in [-0.25, -0.2) is 4.79 Å². The molecule has 0 unspecified atom stereocenters. The number of fused-ring (bicyclic) bond motifs is 1. The molecular formula is C10H8Cl2N2O3. The van der Waals surface area contributed by atoms with Gasteiger partial charge < -0.3 is 10.1 Å². The Morgan fingerprint density at radius 3 is 2.65 bits per heavy atom. The Kier molecular flexibility index (Phi) is 3.24. The van der Waals surface area contributed by atoms with E-state index in [9.17, 15) is 9.59 Å². The smallest absolute Gasteiger partial charge is 0.328 e. The Balaban J connectivity index is 2.92. The van der Waals surface area contributed by atoms with Gasteiger partial charge >= 0.3 is 5.69 Å². The number of aliphatic hydroxyl groups excluding tert-OH is 1. The average Bonchev–Trinajstić information content (AvgIpc) is 2.26. The Hall–Kier alpha value is -1.30. The summed E-state index contributed by atoms with van der Waals surface area (Å²) in [6, 6.07) is 2.87. The van der Waals surface area contributed by atoms with Crippen LogP contribution in [0.15, 0.2) is 21.7 Å². The van der Waals surface area contributed by atoms with E-state index in [1.807, 2.05) is 0 Å². The van der Waals surface area contributed by atoms with Gasteiger partial charge in [-0.1, -0.05) is 23.2 Å². The summed E-state index contributed by atoms with van der Waals surface area (Å²) in [6.45, 7) is -0.378. The van der Waals surface area contributed by atoms with E-state index in [1.165, 1.54) is 12.1 Å². The van der Waals surface area contributed by atoms with Crippen molar-refractivity contribution in [3.8, 4) is 0 Å². The maximum absolute atomic E-state index is 12.0. The molecule has 0 fully saturated rings. The van der Waals surface area contributed by atoms with Crippen molar-refractivity contribution in [3.63, 3.8) is 0 Å². The summed E-state index contributed by atoms with van der Waals surface area (Å²) >= 11 is 11.7. The van der Waals surface area contributed by atoms with Crippen LogP contribution in [0.1, 0.15) is 0 Å². The molecule has 0 bridgehead atoms. The Labute approximate surface area is 105 Å². The van der Waals surface area contributed by atoms with Crippen LogP contribution in [0.5, 0.6) is 0 Å². The number of hydrogen-bond acceptors (Lipinski definition) is 3. The third-order valence-electron chi connectivity index (χ3n) is 2.33. The summed E-state index contributed by atoms with van der Waals surface area (Å²) in [6.07, 6.45) is 0. The molecule has 1 aromatic carbocycles.